The lowest BCUT2D eigenvalue weighted by Gasteiger charge is -2.44. The van der Waals surface area contributed by atoms with Crippen molar-refractivity contribution in [3.8, 4) is 0 Å². The molecule has 0 aliphatic carbocycles. The average molecular weight is 339 g/mol. The molecule has 0 aromatic heterocycles. The number of carbonyl (C=O) groups excluding carboxylic acids is 1. The summed E-state index contributed by atoms with van der Waals surface area (Å²) < 4.78 is 1.06. The van der Waals surface area contributed by atoms with Crippen LogP contribution in [0.3, 0.4) is 0 Å². The smallest absolute Gasteiger partial charge is 0.223 e. The Labute approximate surface area is 129 Å². The Bertz CT molecular complexity index is 477. The molecule has 1 fully saturated rings. The van der Waals surface area contributed by atoms with E-state index in [1.165, 1.54) is 12.0 Å². The van der Waals surface area contributed by atoms with Gasteiger partial charge in [0.15, 0.2) is 0 Å². The van der Waals surface area contributed by atoms with E-state index in [9.17, 15) is 4.79 Å². The fraction of sp³-hybridized carbons (Fsp3) is 0.562. The summed E-state index contributed by atoms with van der Waals surface area (Å²) in [6.45, 7) is 3.52. The second-order valence-corrected chi connectivity index (χ2v) is 6.75. The summed E-state index contributed by atoms with van der Waals surface area (Å²) in [5.74, 6) is 0.234. The lowest BCUT2D eigenvalue weighted by molar-refractivity contribution is -0.138. The average Bonchev–Trinajstić information content (AvgIpc) is 2.45. The molecule has 3 nitrogen and oxygen atoms in total. The molecule has 2 rings (SSSR count). The van der Waals surface area contributed by atoms with Crippen molar-refractivity contribution in [2.24, 2.45) is 5.73 Å². The summed E-state index contributed by atoms with van der Waals surface area (Å²) in [4.78, 5) is 14.5. The molecule has 1 saturated heterocycles. The molecule has 0 saturated carbocycles. The Morgan fingerprint density at radius 2 is 2.25 bits per heavy atom. The van der Waals surface area contributed by atoms with E-state index in [1.54, 1.807) is 0 Å². The monoisotopic (exact) mass is 338 g/mol. The van der Waals surface area contributed by atoms with Gasteiger partial charge in [-0.25, -0.2) is 0 Å². The summed E-state index contributed by atoms with van der Waals surface area (Å²) in [6, 6.07) is 8.15. The maximum Gasteiger partial charge on any atom is 0.223 e. The Morgan fingerprint density at radius 1 is 1.45 bits per heavy atom. The maximum absolute atomic E-state index is 12.5. The third-order valence-corrected chi connectivity index (χ3v) is 4.75. The van der Waals surface area contributed by atoms with Crippen LogP contribution in [0.25, 0.3) is 0 Å². The molecule has 4 heteroatoms. The standard InChI is InChI=1S/C16H23BrN2O/c1-16(12-18)9-2-3-10-19(16)15(20)8-7-13-5-4-6-14(17)11-13/h4-6,11H,2-3,7-10,12,18H2,1H3. The fourth-order valence-corrected chi connectivity index (χ4v) is 3.34. The first-order valence-electron chi connectivity index (χ1n) is 7.30. The van der Waals surface area contributed by atoms with Crippen molar-refractivity contribution < 1.29 is 4.79 Å². The summed E-state index contributed by atoms with van der Waals surface area (Å²) >= 11 is 3.46. The minimum absolute atomic E-state index is 0.146. The number of likely N-dealkylation sites (tertiary alicyclic amines) is 1. The number of nitrogens with zero attached hydrogens (tertiary/aromatic N) is 1. The van der Waals surface area contributed by atoms with E-state index in [0.29, 0.717) is 13.0 Å². The van der Waals surface area contributed by atoms with Gasteiger partial charge in [0.05, 0.1) is 5.54 Å². The van der Waals surface area contributed by atoms with Gasteiger partial charge in [-0.1, -0.05) is 28.1 Å². The third kappa shape index (κ3) is 3.61. The summed E-state index contributed by atoms with van der Waals surface area (Å²) in [5, 5.41) is 0. The number of benzene rings is 1. The summed E-state index contributed by atoms with van der Waals surface area (Å²) in [7, 11) is 0. The van der Waals surface area contributed by atoms with Crippen LogP contribution < -0.4 is 5.73 Å². The number of carbonyl (C=O) groups is 1. The first-order valence-corrected chi connectivity index (χ1v) is 8.09. The number of piperidine rings is 1. The number of amides is 1. The van der Waals surface area contributed by atoms with Crippen molar-refractivity contribution in [2.45, 2.75) is 44.6 Å². The molecule has 1 atom stereocenters. The predicted octanol–water partition coefficient (Wildman–Crippen LogP) is 3.11. The van der Waals surface area contributed by atoms with Crippen LogP contribution in [-0.4, -0.2) is 29.4 Å². The summed E-state index contributed by atoms with van der Waals surface area (Å²) in [6.07, 6.45) is 4.63. The minimum atomic E-state index is -0.146. The van der Waals surface area contributed by atoms with Crippen LogP contribution in [-0.2, 0) is 11.2 Å². The topological polar surface area (TPSA) is 46.3 Å². The Morgan fingerprint density at radius 3 is 2.95 bits per heavy atom. The van der Waals surface area contributed by atoms with Gasteiger partial charge in [0, 0.05) is 24.0 Å². The number of rotatable bonds is 4. The molecule has 2 N–H and O–H groups in total. The third-order valence-electron chi connectivity index (χ3n) is 4.26. The molecule has 1 heterocycles. The molecule has 110 valence electrons. The van der Waals surface area contributed by atoms with Crippen LogP contribution >= 0.6 is 15.9 Å². The Kier molecular flexibility index (Phi) is 5.22. The highest BCUT2D eigenvalue weighted by atomic mass is 79.9. The van der Waals surface area contributed by atoms with Gasteiger partial charge in [0.25, 0.3) is 0 Å². The van der Waals surface area contributed by atoms with Gasteiger partial charge >= 0.3 is 0 Å². The zero-order chi connectivity index (χ0) is 14.6. The second kappa shape index (κ2) is 6.72. The van der Waals surface area contributed by atoms with Crippen LogP contribution in [0.4, 0.5) is 0 Å². The van der Waals surface area contributed by atoms with Crippen molar-refractivity contribution >= 4 is 21.8 Å². The highest BCUT2D eigenvalue weighted by Crippen LogP contribution is 2.27. The van der Waals surface area contributed by atoms with Gasteiger partial charge < -0.3 is 10.6 Å². The van der Waals surface area contributed by atoms with E-state index in [4.69, 9.17) is 5.73 Å². The molecule has 0 bridgehead atoms. The van der Waals surface area contributed by atoms with Gasteiger partial charge in [0.2, 0.25) is 5.91 Å². The quantitative estimate of drug-likeness (QED) is 0.916. The van der Waals surface area contributed by atoms with Crippen molar-refractivity contribution in [2.75, 3.05) is 13.1 Å². The SMILES string of the molecule is CC1(CN)CCCCN1C(=O)CCc1cccc(Br)c1. The van der Waals surface area contributed by atoms with Gasteiger partial charge in [-0.05, 0) is 50.3 Å². The first kappa shape index (κ1) is 15.5. The first-order chi connectivity index (χ1) is 9.55. The zero-order valence-corrected chi connectivity index (χ0v) is 13.7. The second-order valence-electron chi connectivity index (χ2n) is 5.83. The van der Waals surface area contributed by atoms with Crippen molar-refractivity contribution in [3.05, 3.63) is 34.3 Å². The van der Waals surface area contributed by atoms with E-state index < -0.39 is 0 Å². The van der Waals surface area contributed by atoms with Crippen LogP contribution in [0.1, 0.15) is 38.2 Å². The van der Waals surface area contributed by atoms with E-state index in [2.05, 4.69) is 35.0 Å². The predicted molar refractivity (Wildman–Crippen MR) is 85.5 cm³/mol. The van der Waals surface area contributed by atoms with Crippen LogP contribution in [0.2, 0.25) is 0 Å². The van der Waals surface area contributed by atoms with E-state index >= 15 is 0 Å². The van der Waals surface area contributed by atoms with Crippen LogP contribution in [0.5, 0.6) is 0 Å². The minimum Gasteiger partial charge on any atom is -0.336 e. The van der Waals surface area contributed by atoms with Gasteiger partial charge in [-0.2, -0.15) is 0 Å². The Balaban J connectivity index is 1.97. The van der Waals surface area contributed by atoms with Gasteiger partial charge in [-0.3, -0.25) is 4.79 Å². The maximum atomic E-state index is 12.5. The van der Waals surface area contributed by atoms with Crippen molar-refractivity contribution in [1.29, 1.82) is 0 Å². The highest BCUT2D eigenvalue weighted by molar-refractivity contribution is 9.10. The molecule has 20 heavy (non-hydrogen) atoms. The Hall–Kier alpha value is -0.870. The molecule has 1 aliphatic rings. The molecule has 1 amide bonds. The molecule has 1 aliphatic heterocycles. The van der Waals surface area contributed by atoms with Crippen molar-refractivity contribution in [3.63, 3.8) is 0 Å². The lowest BCUT2D eigenvalue weighted by atomic mass is 9.88. The van der Waals surface area contributed by atoms with Gasteiger partial charge in [-0.15, -0.1) is 0 Å². The van der Waals surface area contributed by atoms with E-state index in [0.717, 1.165) is 30.3 Å². The number of halogens is 1. The summed E-state index contributed by atoms with van der Waals surface area (Å²) in [5.41, 5.74) is 6.94. The van der Waals surface area contributed by atoms with E-state index in [-0.39, 0.29) is 11.4 Å². The molecule has 0 radical (unpaired) electrons. The number of hydrogen-bond donors (Lipinski definition) is 1. The fourth-order valence-electron chi connectivity index (χ4n) is 2.90. The molecular formula is C16H23BrN2O. The molecule has 1 unspecified atom stereocenters. The normalized spacial score (nSPS) is 22.9. The van der Waals surface area contributed by atoms with Crippen molar-refractivity contribution in [1.82, 2.24) is 4.90 Å². The molecule has 0 spiro atoms. The molecule has 1 aromatic carbocycles. The highest BCUT2D eigenvalue weighted by Gasteiger charge is 2.35. The van der Waals surface area contributed by atoms with Crippen LogP contribution in [0.15, 0.2) is 28.7 Å². The van der Waals surface area contributed by atoms with E-state index in [1.807, 2.05) is 17.0 Å². The number of hydrogen-bond acceptors (Lipinski definition) is 2. The zero-order valence-electron chi connectivity index (χ0n) is 12.1. The lowest BCUT2D eigenvalue weighted by Crippen LogP contribution is -2.56. The van der Waals surface area contributed by atoms with Crippen LogP contribution in [0, 0.1) is 0 Å². The molecular weight excluding hydrogens is 316 g/mol. The van der Waals surface area contributed by atoms with Gasteiger partial charge in [0.1, 0.15) is 0 Å². The molecule has 1 aromatic rings. The number of nitrogens with two attached hydrogens (primary N) is 1. The largest absolute Gasteiger partial charge is 0.336 e. The number of aryl methyl sites for hydroxylation is 1.